The molecule has 6 nitrogen and oxygen atoms in total. The first-order valence-electron chi connectivity index (χ1n) is 9.42. The lowest BCUT2D eigenvalue weighted by molar-refractivity contribution is 0.432. The summed E-state index contributed by atoms with van der Waals surface area (Å²) in [7, 11) is 0. The van der Waals surface area contributed by atoms with Crippen LogP contribution in [0.5, 0.6) is 0 Å². The van der Waals surface area contributed by atoms with E-state index in [1.165, 1.54) is 12.1 Å². The average molecular weight is 387 g/mol. The van der Waals surface area contributed by atoms with Gasteiger partial charge in [0.25, 0.3) is 0 Å². The van der Waals surface area contributed by atoms with Gasteiger partial charge in [0.2, 0.25) is 0 Å². The highest BCUT2D eigenvalue weighted by Crippen LogP contribution is 2.26. The number of nitrogens with zero attached hydrogens (tertiary/aromatic N) is 5. The van der Waals surface area contributed by atoms with Gasteiger partial charge in [0, 0.05) is 30.8 Å². The molecule has 0 aliphatic rings. The minimum atomic E-state index is -0.287. The van der Waals surface area contributed by atoms with Crippen LogP contribution in [0.15, 0.2) is 71.5 Å². The van der Waals surface area contributed by atoms with Gasteiger partial charge in [-0.15, -0.1) is 0 Å². The third kappa shape index (κ3) is 3.10. The lowest BCUT2D eigenvalue weighted by atomic mass is 10.1. The third-order valence-electron chi connectivity index (χ3n) is 4.98. The summed E-state index contributed by atoms with van der Waals surface area (Å²) in [4.78, 5) is 4.87. The summed E-state index contributed by atoms with van der Waals surface area (Å²) in [5.74, 6) is 1.35. The molecule has 0 saturated heterocycles. The van der Waals surface area contributed by atoms with E-state index in [1.54, 1.807) is 23.1 Å². The van der Waals surface area contributed by atoms with Crippen molar-refractivity contribution in [2.75, 3.05) is 0 Å². The van der Waals surface area contributed by atoms with Crippen molar-refractivity contribution in [1.82, 2.24) is 24.5 Å². The largest absolute Gasteiger partial charge is 0.356 e. The Hall–Kier alpha value is -3.74. The zero-order chi connectivity index (χ0) is 19.8. The molecule has 7 heteroatoms. The standard InChI is InChI=1S/C22H18FN5O/c1-2-27-20-7-6-15(21-9-11-25-29-21)12-19(20)26-22(27)14-18-8-10-24-28(18)17-5-3-4-16(23)13-17/h3-13H,2,14H2,1H3. The number of hydrogen-bond donors (Lipinski definition) is 0. The normalized spacial score (nSPS) is 11.4. The van der Waals surface area contributed by atoms with Crippen LogP contribution in [0.2, 0.25) is 0 Å². The summed E-state index contributed by atoms with van der Waals surface area (Å²) in [5, 5.41) is 8.15. The molecule has 5 rings (SSSR count). The number of halogens is 1. The molecule has 0 atom stereocenters. The summed E-state index contributed by atoms with van der Waals surface area (Å²) in [6.07, 6.45) is 3.93. The van der Waals surface area contributed by atoms with Crippen molar-refractivity contribution in [2.24, 2.45) is 0 Å². The van der Waals surface area contributed by atoms with E-state index in [0.29, 0.717) is 17.9 Å². The van der Waals surface area contributed by atoms with Crippen molar-refractivity contribution in [3.63, 3.8) is 0 Å². The Kier molecular flexibility index (Phi) is 4.20. The molecule has 144 valence electrons. The Labute approximate surface area is 166 Å². The summed E-state index contributed by atoms with van der Waals surface area (Å²) in [6, 6.07) is 16.3. The summed E-state index contributed by atoms with van der Waals surface area (Å²) >= 11 is 0. The van der Waals surface area contributed by atoms with Gasteiger partial charge in [-0.3, -0.25) is 0 Å². The second kappa shape index (κ2) is 7.01. The second-order valence-electron chi connectivity index (χ2n) is 6.74. The van der Waals surface area contributed by atoms with Crippen LogP contribution in [0.25, 0.3) is 28.0 Å². The highest BCUT2D eigenvalue weighted by atomic mass is 19.1. The molecule has 0 radical (unpaired) electrons. The van der Waals surface area contributed by atoms with Crippen LogP contribution < -0.4 is 0 Å². The lowest BCUT2D eigenvalue weighted by Gasteiger charge is -2.09. The molecule has 3 aromatic heterocycles. The van der Waals surface area contributed by atoms with Crippen LogP contribution in [-0.2, 0) is 13.0 Å². The first-order chi connectivity index (χ1) is 14.2. The number of benzene rings is 2. The maximum Gasteiger partial charge on any atom is 0.166 e. The van der Waals surface area contributed by atoms with E-state index < -0.39 is 0 Å². The van der Waals surface area contributed by atoms with E-state index in [4.69, 9.17) is 9.51 Å². The Bertz CT molecular complexity index is 1290. The van der Waals surface area contributed by atoms with Gasteiger partial charge < -0.3 is 9.09 Å². The quantitative estimate of drug-likeness (QED) is 0.441. The van der Waals surface area contributed by atoms with Gasteiger partial charge in [0.15, 0.2) is 5.76 Å². The van der Waals surface area contributed by atoms with Crippen molar-refractivity contribution in [3.8, 4) is 17.0 Å². The van der Waals surface area contributed by atoms with E-state index in [1.807, 2.05) is 30.3 Å². The molecule has 29 heavy (non-hydrogen) atoms. The fourth-order valence-electron chi connectivity index (χ4n) is 3.65. The summed E-state index contributed by atoms with van der Waals surface area (Å²) in [6.45, 7) is 2.89. The van der Waals surface area contributed by atoms with E-state index in [0.717, 1.165) is 34.7 Å². The Morgan fingerprint density at radius 3 is 2.76 bits per heavy atom. The van der Waals surface area contributed by atoms with Gasteiger partial charge in [-0.2, -0.15) is 5.10 Å². The molecule has 0 amide bonds. The van der Waals surface area contributed by atoms with Crippen molar-refractivity contribution in [3.05, 3.63) is 84.3 Å². The van der Waals surface area contributed by atoms with Crippen molar-refractivity contribution in [1.29, 1.82) is 0 Å². The predicted molar refractivity (Wildman–Crippen MR) is 107 cm³/mol. The van der Waals surface area contributed by atoms with Gasteiger partial charge in [-0.25, -0.2) is 14.1 Å². The number of imidazole rings is 1. The molecule has 0 aliphatic carbocycles. The molecule has 3 heterocycles. The zero-order valence-electron chi connectivity index (χ0n) is 15.8. The highest BCUT2D eigenvalue weighted by molar-refractivity contribution is 5.81. The summed E-state index contributed by atoms with van der Waals surface area (Å²) in [5.41, 5.74) is 4.52. The van der Waals surface area contributed by atoms with Crippen LogP contribution in [-0.4, -0.2) is 24.5 Å². The number of aryl methyl sites for hydroxylation is 1. The lowest BCUT2D eigenvalue weighted by Crippen LogP contribution is -2.07. The minimum Gasteiger partial charge on any atom is -0.356 e. The van der Waals surface area contributed by atoms with Crippen LogP contribution >= 0.6 is 0 Å². The summed E-state index contributed by atoms with van der Waals surface area (Å²) < 4.78 is 22.9. The molecule has 0 saturated carbocycles. The SMILES string of the molecule is CCn1c(Cc2ccnn2-c2cccc(F)c2)nc2cc(-c3ccno3)ccc21. The monoisotopic (exact) mass is 387 g/mol. The topological polar surface area (TPSA) is 61.7 Å². The molecule has 2 aromatic carbocycles. The van der Waals surface area contributed by atoms with Crippen LogP contribution in [0.3, 0.4) is 0 Å². The van der Waals surface area contributed by atoms with Crippen LogP contribution in [0.1, 0.15) is 18.4 Å². The highest BCUT2D eigenvalue weighted by Gasteiger charge is 2.15. The molecule has 5 aromatic rings. The fraction of sp³-hybridized carbons (Fsp3) is 0.136. The van der Waals surface area contributed by atoms with Crippen molar-refractivity contribution >= 4 is 11.0 Å². The predicted octanol–water partition coefficient (Wildman–Crippen LogP) is 4.63. The fourth-order valence-corrected chi connectivity index (χ4v) is 3.65. The molecule has 0 aliphatic heterocycles. The number of aromatic nitrogens is 5. The molecule has 0 fully saturated rings. The maximum absolute atomic E-state index is 13.7. The zero-order valence-corrected chi connectivity index (χ0v) is 15.8. The first kappa shape index (κ1) is 17.4. The Balaban J connectivity index is 1.55. The number of rotatable bonds is 5. The second-order valence-corrected chi connectivity index (χ2v) is 6.74. The molecular formula is C22H18FN5O. The molecule has 0 bridgehead atoms. The number of fused-ring (bicyclic) bond motifs is 1. The molecule has 0 N–H and O–H groups in total. The van der Waals surface area contributed by atoms with Gasteiger partial charge in [0.05, 0.1) is 28.6 Å². The minimum absolute atomic E-state index is 0.287. The van der Waals surface area contributed by atoms with Gasteiger partial charge in [-0.05, 0) is 49.4 Å². The molecule has 0 spiro atoms. The van der Waals surface area contributed by atoms with Gasteiger partial charge >= 0.3 is 0 Å². The van der Waals surface area contributed by atoms with E-state index in [2.05, 4.69) is 27.8 Å². The van der Waals surface area contributed by atoms with E-state index in [-0.39, 0.29) is 5.82 Å². The van der Waals surface area contributed by atoms with E-state index in [9.17, 15) is 4.39 Å². The average Bonchev–Trinajstić information content (AvgIpc) is 3.47. The van der Waals surface area contributed by atoms with Crippen molar-refractivity contribution in [2.45, 2.75) is 19.9 Å². The first-order valence-corrected chi connectivity index (χ1v) is 9.42. The van der Waals surface area contributed by atoms with Crippen LogP contribution in [0, 0.1) is 5.82 Å². The molecule has 0 unspecified atom stereocenters. The van der Waals surface area contributed by atoms with Gasteiger partial charge in [0.1, 0.15) is 11.6 Å². The van der Waals surface area contributed by atoms with Crippen LogP contribution in [0.4, 0.5) is 4.39 Å². The Morgan fingerprint density at radius 2 is 1.97 bits per heavy atom. The van der Waals surface area contributed by atoms with Gasteiger partial charge in [-0.1, -0.05) is 11.2 Å². The Morgan fingerprint density at radius 1 is 1.03 bits per heavy atom. The maximum atomic E-state index is 13.7. The smallest absolute Gasteiger partial charge is 0.166 e. The molecular weight excluding hydrogens is 369 g/mol. The van der Waals surface area contributed by atoms with Crippen molar-refractivity contribution < 1.29 is 8.91 Å². The third-order valence-corrected chi connectivity index (χ3v) is 4.98. The number of hydrogen-bond acceptors (Lipinski definition) is 4. The van der Waals surface area contributed by atoms with E-state index >= 15 is 0 Å².